The second-order valence-electron chi connectivity index (χ2n) is 5.26. The van der Waals surface area contributed by atoms with Gasteiger partial charge >= 0.3 is 6.03 Å². The Balaban J connectivity index is 2.16. The lowest BCUT2D eigenvalue weighted by Gasteiger charge is -2.12. The van der Waals surface area contributed by atoms with Crippen molar-refractivity contribution in [1.82, 2.24) is 25.4 Å². The molecule has 0 bridgehead atoms. The molecule has 0 fully saturated rings. The van der Waals surface area contributed by atoms with Crippen LogP contribution in [-0.4, -0.2) is 44.4 Å². The van der Waals surface area contributed by atoms with E-state index in [4.69, 9.17) is 10.2 Å². The van der Waals surface area contributed by atoms with Crippen molar-refractivity contribution in [2.24, 2.45) is 5.73 Å². The molecule has 0 aliphatic carbocycles. The van der Waals surface area contributed by atoms with Crippen LogP contribution in [0.5, 0.6) is 0 Å². The Hall–Kier alpha value is -2.82. The zero-order valence-corrected chi connectivity index (χ0v) is 15.2. The molecule has 2 aromatic heterocycles. The minimum absolute atomic E-state index is 0.0821. The van der Waals surface area contributed by atoms with E-state index in [9.17, 15) is 14.4 Å². The van der Waals surface area contributed by atoms with Crippen LogP contribution in [0.4, 0.5) is 4.79 Å². The maximum absolute atomic E-state index is 12.1. The average molecular weight is 380 g/mol. The van der Waals surface area contributed by atoms with Gasteiger partial charge in [-0.1, -0.05) is 11.8 Å². The van der Waals surface area contributed by atoms with Gasteiger partial charge in [0.05, 0.1) is 11.5 Å². The quantitative estimate of drug-likeness (QED) is 0.573. The van der Waals surface area contributed by atoms with Crippen LogP contribution < -0.4 is 16.4 Å². The first-order chi connectivity index (χ1) is 12.4. The lowest BCUT2D eigenvalue weighted by Crippen LogP contribution is -2.42. The zero-order valence-electron chi connectivity index (χ0n) is 14.4. The summed E-state index contributed by atoms with van der Waals surface area (Å²) in [5.41, 5.74) is 5.23. The van der Waals surface area contributed by atoms with E-state index in [0.717, 1.165) is 11.8 Å². The number of thioether (sulfide) groups is 1. The first-order valence-electron chi connectivity index (χ1n) is 7.93. The normalized spacial score (nSPS) is 11.8. The van der Waals surface area contributed by atoms with Gasteiger partial charge in [-0.3, -0.25) is 19.5 Å². The van der Waals surface area contributed by atoms with Crippen LogP contribution in [0.15, 0.2) is 28.0 Å². The summed E-state index contributed by atoms with van der Waals surface area (Å²) in [7, 11) is 0. The van der Waals surface area contributed by atoms with Gasteiger partial charge in [-0.2, -0.15) is 0 Å². The fourth-order valence-corrected chi connectivity index (χ4v) is 2.89. The minimum Gasteiger partial charge on any atom is -0.461 e. The first-order valence-corrected chi connectivity index (χ1v) is 8.81. The molecule has 140 valence electrons. The van der Waals surface area contributed by atoms with E-state index in [2.05, 4.69) is 20.8 Å². The van der Waals surface area contributed by atoms with Gasteiger partial charge in [0.15, 0.2) is 16.7 Å². The number of rotatable bonds is 8. The second kappa shape index (κ2) is 9.04. The van der Waals surface area contributed by atoms with Crippen molar-refractivity contribution in [3.05, 3.63) is 18.4 Å². The van der Waals surface area contributed by atoms with E-state index in [1.807, 2.05) is 0 Å². The van der Waals surface area contributed by atoms with Crippen molar-refractivity contribution >= 4 is 29.6 Å². The molecule has 2 heterocycles. The van der Waals surface area contributed by atoms with Crippen LogP contribution >= 0.6 is 11.8 Å². The summed E-state index contributed by atoms with van der Waals surface area (Å²) in [6.07, 6.45) is 1.58. The number of aromatic nitrogens is 3. The van der Waals surface area contributed by atoms with Gasteiger partial charge in [0.1, 0.15) is 0 Å². The number of hydrogen-bond donors (Lipinski definition) is 3. The summed E-state index contributed by atoms with van der Waals surface area (Å²) in [5.74, 6) is -0.0321. The topological polar surface area (TPSA) is 145 Å². The number of hydrogen-bond acceptors (Lipinski definition) is 7. The summed E-state index contributed by atoms with van der Waals surface area (Å²) in [5, 5.41) is 12.7. The number of primary amides is 1. The average Bonchev–Trinajstić information content (AvgIpc) is 3.22. The predicted octanol–water partition coefficient (Wildman–Crippen LogP) is 0.740. The number of imide groups is 1. The molecular weight excluding hydrogens is 360 g/mol. The maximum atomic E-state index is 12.1. The Morgan fingerprint density at radius 3 is 2.77 bits per heavy atom. The summed E-state index contributed by atoms with van der Waals surface area (Å²) in [6.45, 7) is 4.04. The molecule has 10 nitrogen and oxygen atoms in total. The Bertz CT molecular complexity index is 773. The fourth-order valence-electron chi connectivity index (χ4n) is 2.02. The van der Waals surface area contributed by atoms with E-state index in [1.165, 1.54) is 6.26 Å². The Labute approximate surface area is 153 Å². The van der Waals surface area contributed by atoms with Gasteiger partial charge in [0, 0.05) is 19.5 Å². The molecule has 4 amide bonds. The van der Waals surface area contributed by atoms with Gasteiger partial charge in [0.25, 0.3) is 0 Å². The summed E-state index contributed by atoms with van der Waals surface area (Å²) in [6, 6.07) is 2.86. The molecule has 0 spiro atoms. The van der Waals surface area contributed by atoms with E-state index in [-0.39, 0.29) is 13.0 Å². The van der Waals surface area contributed by atoms with Crippen molar-refractivity contribution in [1.29, 1.82) is 0 Å². The molecule has 1 unspecified atom stereocenters. The molecule has 0 saturated heterocycles. The molecule has 0 radical (unpaired) electrons. The third-order valence-corrected chi connectivity index (χ3v) is 4.35. The highest BCUT2D eigenvalue weighted by molar-refractivity contribution is 8.00. The number of furan rings is 1. The third kappa shape index (κ3) is 5.09. The molecule has 26 heavy (non-hydrogen) atoms. The standard InChI is InChI=1S/C15H20N6O4S/c1-3-17-14(24)18-13(23)9(2)26-15-20-19-12(10-5-4-8-25-10)21(15)7-6-11(16)22/h4-5,8-9H,3,6-7H2,1-2H3,(H2,16,22)(H2,17,18,23,24). The van der Waals surface area contributed by atoms with Crippen molar-refractivity contribution < 1.29 is 18.8 Å². The van der Waals surface area contributed by atoms with Crippen molar-refractivity contribution in [2.45, 2.75) is 37.2 Å². The van der Waals surface area contributed by atoms with Crippen molar-refractivity contribution in [3.63, 3.8) is 0 Å². The highest BCUT2D eigenvalue weighted by Gasteiger charge is 2.23. The Morgan fingerprint density at radius 2 is 2.15 bits per heavy atom. The van der Waals surface area contributed by atoms with E-state index in [0.29, 0.717) is 23.3 Å². The Morgan fingerprint density at radius 1 is 1.38 bits per heavy atom. The second-order valence-corrected chi connectivity index (χ2v) is 6.57. The van der Waals surface area contributed by atoms with E-state index in [1.54, 1.807) is 30.5 Å². The molecule has 0 aliphatic rings. The lowest BCUT2D eigenvalue weighted by molar-refractivity contribution is -0.119. The van der Waals surface area contributed by atoms with Crippen molar-refractivity contribution in [2.75, 3.05) is 6.54 Å². The number of nitrogens with zero attached hydrogens (tertiary/aromatic N) is 3. The van der Waals surface area contributed by atoms with Crippen LogP contribution in [0.2, 0.25) is 0 Å². The SMILES string of the molecule is CCNC(=O)NC(=O)C(C)Sc1nnc(-c2ccco2)n1CCC(N)=O. The van der Waals surface area contributed by atoms with Gasteiger partial charge in [-0.15, -0.1) is 10.2 Å². The number of nitrogens with two attached hydrogens (primary N) is 1. The van der Waals surface area contributed by atoms with Gasteiger partial charge in [-0.25, -0.2) is 4.79 Å². The lowest BCUT2D eigenvalue weighted by atomic mass is 10.3. The third-order valence-electron chi connectivity index (χ3n) is 3.27. The molecule has 2 aromatic rings. The smallest absolute Gasteiger partial charge is 0.321 e. The van der Waals surface area contributed by atoms with Crippen LogP contribution in [0, 0.1) is 0 Å². The number of carbonyl (C=O) groups excluding carboxylic acids is 3. The molecule has 1 atom stereocenters. The molecule has 0 aromatic carbocycles. The number of urea groups is 1. The van der Waals surface area contributed by atoms with Crippen molar-refractivity contribution in [3.8, 4) is 11.6 Å². The largest absolute Gasteiger partial charge is 0.461 e. The number of nitrogens with one attached hydrogen (secondary N) is 2. The van der Waals surface area contributed by atoms with Gasteiger partial charge in [-0.05, 0) is 26.0 Å². The van der Waals surface area contributed by atoms with E-state index < -0.39 is 23.1 Å². The maximum Gasteiger partial charge on any atom is 0.321 e. The summed E-state index contributed by atoms with van der Waals surface area (Å²) >= 11 is 1.11. The van der Waals surface area contributed by atoms with Gasteiger partial charge < -0.3 is 15.5 Å². The van der Waals surface area contributed by atoms with Crippen LogP contribution in [0.3, 0.4) is 0 Å². The van der Waals surface area contributed by atoms with Crippen LogP contribution in [0.25, 0.3) is 11.6 Å². The first kappa shape index (κ1) is 19.5. The predicted molar refractivity (Wildman–Crippen MR) is 94.1 cm³/mol. The molecule has 0 saturated carbocycles. The summed E-state index contributed by atoms with van der Waals surface area (Å²) < 4.78 is 6.99. The monoisotopic (exact) mass is 380 g/mol. The Kier molecular flexibility index (Phi) is 6.78. The summed E-state index contributed by atoms with van der Waals surface area (Å²) in [4.78, 5) is 34.7. The van der Waals surface area contributed by atoms with E-state index >= 15 is 0 Å². The number of amides is 4. The highest BCUT2D eigenvalue weighted by atomic mass is 32.2. The molecular formula is C15H20N6O4S. The number of carbonyl (C=O) groups is 3. The molecule has 4 N–H and O–H groups in total. The zero-order chi connectivity index (χ0) is 19.1. The fraction of sp³-hybridized carbons (Fsp3) is 0.400. The van der Waals surface area contributed by atoms with Gasteiger partial charge in [0.2, 0.25) is 11.8 Å². The van der Waals surface area contributed by atoms with Crippen LogP contribution in [-0.2, 0) is 16.1 Å². The molecule has 11 heteroatoms. The molecule has 2 rings (SSSR count). The highest BCUT2D eigenvalue weighted by Crippen LogP contribution is 2.27. The van der Waals surface area contributed by atoms with Crippen LogP contribution in [0.1, 0.15) is 20.3 Å². The molecule has 0 aliphatic heterocycles. The minimum atomic E-state index is -0.612.